The van der Waals surface area contributed by atoms with Crippen molar-refractivity contribution in [2.24, 2.45) is 0 Å². The van der Waals surface area contributed by atoms with E-state index in [0.29, 0.717) is 11.4 Å². The Labute approximate surface area is 123 Å². The van der Waals surface area contributed by atoms with Gasteiger partial charge in [-0.3, -0.25) is 4.79 Å². The number of hydrogen-bond donors (Lipinski definition) is 1. The van der Waals surface area contributed by atoms with Crippen LogP contribution < -0.4 is 10.1 Å². The quantitative estimate of drug-likeness (QED) is 0.908. The van der Waals surface area contributed by atoms with Crippen LogP contribution in [0.1, 0.15) is 19.4 Å². The van der Waals surface area contributed by atoms with Crippen LogP contribution >= 0.6 is 0 Å². The number of amides is 1. The molecule has 0 aromatic heterocycles. The lowest BCUT2D eigenvalue weighted by Gasteiger charge is -2.16. The molecule has 0 saturated heterocycles. The summed E-state index contributed by atoms with van der Waals surface area (Å²) in [5, 5.41) is 2.70. The first-order valence-electron chi connectivity index (χ1n) is 6.91. The Kier molecular flexibility index (Phi) is 4.93. The van der Waals surface area contributed by atoms with Gasteiger partial charge in [0.15, 0.2) is 6.10 Å². The summed E-state index contributed by atoms with van der Waals surface area (Å²) in [5.41, 5.74) is 1.60. The average Bonchev–Trinajstić information content (AvgIpc) is 2.50. The molecule has 0 aliphatic rings. The Bertz CT molecular complexity index is 610. The molecular formula is C17H18FNO2. The van der Waals surface area contributed by atoms with Gasteiger partial charge in [-0.25, -0.2) is 4.39 Å². The van der Waals surface area contributed by atoms with Crippen molar-refractivity contribution in [3.63, 3.8) is 0 Å². The largest absolute Gasteiger partial charge is 0.481 e. The standard InChI is InChI=1S/C17H18FNO2/c1-3-13-6-4-5-7-16(13)21-12(2)17(20)19-15-10-8-14(18)9-11-15/h4-12H,3H2,1-2H3,(H,19,20)/t12-/m1/s1. The average molecular weight is 287 g/mol. The van der Waals surface area contributed by atoms with Gasteiger partial charge in [-0.1, -0.05) is 25.1 Å². The number of aryl methyl sites for hydroxylation is 1. The van der Waals surface area contributed by atoms with Crippen molar-refractivity contribution < 1.29 is 13.9 Å². The lowest BCUT2D eigenvalue weighted by Crippen LogP contribution is -2.30. The Hall–Kier alpha value is -2.36. The van der Waals surface area contributed by atoms with E-state index in [-0.39, 0.29) is 11.7 Å². The summed E-state index contributed by atoms with van der Waals surface area (Å²) >= 11 is 0. The zero-order valence-corrected chi connectivity index (χ0v) is 12.1. The SMILES string of the molecule is CCc1ccccc1O[C@H](C)C(=O)Nc1ccc(F)cc1. The first-order valence-corrected chi connectivity index (χ1v) is 6.91. The van der Waals surface area contributed by atoms with Crippen LogP contribution in [-0.2, 0) is 11.2 Å². The van der Waals surface area contributed by atoms with E-state index in [1.807, 2.05) is 31.2 Å². The van der Waals surface area contributed by atoms with E-state index < -0.39 is 6.10 Å². The molecule has 3 nitrogen and oxygen atoms in total. The molecule has 0 heterocycles. The smallest absolute Gasteiger partial charge is 0.265 e. The van der Waals surface area contributed by atoms with E-state index in [4.69, 9.17) is 4.74 Å². The van der Waals surface area contributed by atoms with Crippen LogP contribution in [0.25, 0.3) is 0 Å². The highest BCUT2D eigenvalue weighted by Crippen LogP contribution is 2.20. The van der Waals surface area contributed by atoms with Gasteiger partial charge in [0.2, 0.25) is 0 Å². The summed E-state index contributed by atoms with van der Waals surface area (Å²) < 4.78 is 18.5. The minimum atomic E-state index is -0.636. The van der Waals surface area contributed by atoms with Crippen LogP contribution in [0, 0.1) is 5.82 Å². The van der Waals surface area contributed by atoms with Gasteiger partial charge in [-0.2, -0.15) is 0 Å². The fourth-order valence-electron chi connectivity index (χ4n) is 1.93. The topological polar surface area (TPSA) is 38.3 Å². The summed E-state index contributed by atoms with van der Waals surface area (Å²) in [4.78, 5) is 12.1. The zero-order valence-electron chi connectivity index (χ0n) is 12.1. The molecule has 0 fully saturated rings. The highest BCUT2D eigenvalue weighted by atomic mass is 19.1. The van der Waals surface area contributed by atoms with Crippen molar-refractivity contribution in [2.45, 2.75) is 26.4 Å². The summed E-state index contributed by atoms with van der Waals surface area (Å²) in [6, 6.07) is 13.3. The van der Waals surface area contributed by atoms with Gasteiger partial charge in [0.05, 0.1) is 0 Å². The summed E-state index contributed by atoms with van der Waals surface area (Å²) in [6.45, 7) is 3.72. The van der Waals surface area contributed by atoms with Crippen molar-refractivity contribution in [3.05, 3.63) is 59.9 Å². The fraction of sp³-hybridized carbons (Fsp3) is 0.235. The molecule has 2 aromatic rings. The second kappa shape index (κ2) is 6.88. The van der Waals surface area contributed by atoms with Crippen LogP contribution in [-0.4, -0.2) is 12.0 Å². The second-order valence-corrected chi connectivity index (χ2v) is 4.72. The maximum absolute atomic E-state index is 12.8. The van der Waals surface area contributed by atoms with Crippen molar-refractivity contribution in [3.8, 4) is 5.75 Å². The molecule has 21 heavy (non-hydrogen) atoms. The Balaban J connectivity index is 2.01. The normalized spacial score (nSPS) is 11.8. The summed E-state index contributed by atoms with van der Waals surface area (Å²) in [5.74, 6) is 0.100. The van der Waals surface area contributed by atoms with E-state index >= 15 is 0 Å². The number of para-hydroxylation sites is 1. The minimum absolute atomic E-state index is 0.271. The van der Waals surface area contributed by atoms with Gasteiger partial charge in [-0.05, 0) is 49.2 Å². The molecule has 0 bridgehead atoms. The zero-order chi connectivity index (χ0) is 15.2. The predicted molar refractivity (Wildman–Crippen MR) is 80.9 cm³/mol. The summed E-state index contributed by atoms with van der Waals surface area (Å²) in [6.07, 6.45) is 0.199. The number of ether oxygens (including phenoxy) is 1. The molecule has 0 spiro atoms. The molecule has 0 radical (unpaired) electrons. The molecule has 0 unspecified atom stereocenters. The fourth-order valence-corrected chi connectivity index (χ4v) is 1.93. The first kappa shape index (κ1) is 15.0. The van der Waals surface area contributed by atoms with Crippen LogP contribution in [0.3, 0.4) is 0 Å². The lowest BCUT2D eigenvalue weighted by molar-refractivity contribution is -0.122. The van der Waals surface area contributed by atoms with Crippen LogP contribution in [0.2, 0.25) is 0 Å². The molecule has 0 saturated carbocycles. The molecule has 1 atom stereocenters. The molecule has 0 aliphatic carbocycles. The third-order valence-corrected chi connectivity index (χ3v) is 3.14. The van der Waals surface area contributed by atoms with Gasteiger partial charge in [0, 0.05) is 5.69 Å². The maximum atomic E-state index is 12.8. The van der Waals surface area contributed by atoms with E-state index in [1.54, 1.807) is 6.92 Å². The van der Waals surface area contributed by atoms with E-state index in [2.05, 4.69) is 5.32 Å². The third-order valence-electron chi connectivity index (χ3n) is 3.14. The van der Waals surface area contributed by atoms with Crippen molar-refractivity contribution in [2.75, 3.05) is 5.32 Å². The minimum Gasteiger partial charge on any atom is -0.481 e. The number of hydrogen-bond acceptors (Lipinski definition) is 2. The number of benzene rings is 2. The van der Waals surface area contributed by atoms with Gasteiger partial charge in [0.25, 0.3) is 5.91 Å². The number of rotatable bonds is 5. The Morgan fingerprint density at radius 3 is 2.52 bits per heavy atom. The van der Waals surface area contributed by atoms with Crippen LogP contribution in [0.15, 0.2) is 48.5 Å². The van der Waals surface area contributed by atoms with E-state index in [0.717, 1.165) is 12.0 Å². The van der Waals surface area contributed by atoms with Crippen molar-refractivity contribution in [1.29, 1.82) is 0 Å². The van der Waals surface area contributed by atoms with Gasteiger partial charge >= 0.3 is 0 Å². The van der Waals surface area contributed by atoms with Crippen molar-refractivity contribution >= 4 is 11.6 Å². The van der Waals surface area contributed by atoms with E-state index in [1.165, 1.54) is 24.3 Å². The molecule has 0 aliphatic heterocycles. The number of anilines is 1. The number of carbonyl (C=O) groups excluding carboxylic acids is 1. The van der Waals surface area contributed by atoms with Gasteiger partial charge in [-0.15, -0.1) is 0 Å². The predicted octanol–water partition coefficient (Wildman–Crippen LogP) is 3.79. The van der Waals surface area contributed by atoms with Gasteiger partial charge in [0.1, 0.15) is 11.6 Å². The molecule has 2 rings (SSSR count). The van der Waals surface area contributed by atoms with E-state index in [9.17, 15) is 9.18 Å². The molecule has 110 valence electrons. The van der Waals surface area contributed by atoms with Crippen LogP contribution in [0.5, 0.6) is 5.75 Å². The lowest BCUT2D eigenvalue weighted by atomic mass is 10.1. The first-order chi connectivity index (χ1) is 10.1. The molecule has 1 amide bonds. The number of carbonyl (C=O) groups is 1. The second-order valence-electron chi connectivity index (χ2n) is 4.72. The molecule has 2 aromatic carbocycles. The third kappa shape index (κ3) is 4.05. The Morgan fingerprint density at radius 2 is 1.86 bits per heavy atom. The highest BCUT2D eigenvalue weighted by Gasteiger charge is 2.16. The number of halogens is 1. The summed E-state index contributed by atoms with van der Waals surface area (Å²) in [7, 11) is 0. The molecule has 1 N–H and O–H groups in total. The number of nitrogens with one attached hydrogen (secondary N) is 1. The van der Waals surface area contributed by atoms with Crippen molar-refractivity contribution in [1.82, 2.24) is 0 Å². The maximum Gasteiger partial charge on any atom is 0.265 e. The molecular weight excluding hydrogens is 269 g/mol. The highest BCUT2D eigenvalue weighted by molar-refractivity contribution is 5.94. The monoisotopic (exact) mass is 287 g/mol. The van der Waals surface area contributed by atoms with Crippen LogP contribution in [0.4, 0.5) is 10.1 Å². The molecule has 4 heteroatoms. The van der Waals surface area contributed by atoms with Gasteiger partial charge < -0.3 is 10.1 Å². The Morgan fingerprint density at radius 1 is 1.19 bits per heavy atom.